The summed E-state index contributed by atoms with van der Waals surface area (Å²) in [7, 11) is 0. The Morgan fingerprint density at radius 2 is 2.25 bits per heavy atom. The number of rotatable bonds is 3. The Labute approximate surface area is 95.6 Å². The normalized spacial score (nSPS) is 22.9. The van der Waals surface area contributed by atoms with Crippen LogP contribution >= 0.6 is 0 Å². The van der Waals surface area contributed by atoms with Gasteiger partial charge in [0.2, 0.25) is 0 Å². The van der Waals surface area contributed by atoms with Crippen LogP contribution in [0.4, 0.5) is 0 Å². The number of carbonyl (C=O) groups is 1. The highest BCUT2D eigenvalue weighted by atomic mass is 16.5. The van der Waals surface area contributed by atoms with Crippen molar-refractivity contribution in [2.75, 3.05) is 13.2 Å². The van der Waals surface area contributed by atoms with Gasteiger partial charge in [-0.2, -0.15) is 0 Å². The number of hydrogen-bond donors (Lipinski definition) is 1. The topological polar surface area (TPSA) is 52.3 Å². The maximum atomic E-state index is 12.1. The number of ether oxygens (including phenoxy) is 1. The van der Waals surface area contributed by atoms with Crippen LogP contribution in [-0.2, 0) is 21.4 Å². The first-order chi connectivity index (χ1) is 7.74. The van der Waals surface area contributed by atoms with Crippen molar-refractivity contribution in [3.8, 4) is 0 Å². The van der Waals surface area contributed by atoms with Gasteiger partial charge in [0.15, 0.2) is 0 Å². The molecule has 1 aromatic rings. The van der Waals surface area contributed by atoms with Gasteiger partial charge in [-0.15, -0.1) is 0 Å². The highest BCUT2D eigenvalue weighted by molar-refractivity contribution is 5.85. The Balaban J connectivity index is 2.41. The van der Waals surface area contributed by atoms with Gasteiger partial charge >= 0.3 is 5.97 Å². The average Bonchev–Trinajstić information content (AvgIpc) is 2.69. The molecular formula is C13H17NO2. The van der Waals surface area contributed by atoms with E-state index in [1.165, 1.54) is 5.56 Å². The van der Waals surface area contributed by atoms with E-state index in [9.17, 15) is 4.79 Å². The first-order valence-corrected chi connectivity index (χ1v) is 5.70. The molecule has 2 N–H and O–H groups in total. The fraction of sp³-hybridized carbons (Fsp3) is 0.462. The molecule has 1 aliphatic rings. The molecule has 1 atom stereocenters. The third-order valence-electron chi connectivity index (χ3n) is 3.37. The number of hydrogen-bond acceptors (Lipinski definition) is 3. The highest BCUT2D eigenvalue weighted by Crippen LogP contribution is 2.39. The fourth-order valence-corrected chi connectivity index (χ4v) is 2.46. The lowest BCUT2D eigenvalue weighted by Crippen LogP contribution is -2.42. The molecule has 0 saturated heterocycles. The molecule has 0 bridgehead atoms. The van der Waals surface area contributed by atoms with Crippen LogP contribution < -0.4 is 5.73 Å². The van der Waals surface area contributed by atoms with Crippen molar-refractivity contribution in [2.45, 2.75) is 25.2 Å². The van der Waals surface area contributed by atoms with Gasteiger partial charge in [-0.3, -0.25) is 4.79 Å². The second-order valence-electron chi connectivity index (χ2n) is 4.16. The molecular weight excluding hydrogens is 202 g/mol. The van der Waals surface area contributed by atoms with E-state index in [-0.39, 0.29) is 5.97 Å². The molecule has 0 spiro atoms. The smallest absolute Gasteiger partial charge is 0.317 e. The standard InChI is InChI=1S/C13H17NO2/c1-2-16-12(15)13(9-14)8-7-10-5-3-4-6-11(10)13/h3-6H,2,7-9,14H2,1H3. The molecule has 1 unspecified atom stereocenters. The van der Waals surface area contributed by atoms with Gasteiger partial charge in [-0.05, 0) is 30.9 Å². The summed E-state index contributed by atoms with van der Waals surface area (Å²) < 4.78 is 5.16. The van der Waals surface area contributed by atoms with Crippen LogP contribution in [0.3, 0.4) is 0 Å². The summed E-state index contributed by atoms with van der Waals surface area (Å²) in [6.07, 6.45) is 1.67. The van der Waals surface area contributed by atoms with Crippen LogP contribution in [-0.4, -0.2) is 19.1 Å². The van der Waals surface area contributed by atoms with E-state index in [4.69, 9.17) is 10.5 Å². The molecule has 16 heavy (non-hydrogen) atoms. The molecule has 3 nitrogen and oxygen atoms in total. The Bertz CT molecular complexity index is 403. The van der Waals surface area contributed by atoms with E-state index in [2.05, 4.69) is 6.07 Å². The predicted molar refractivity (Wildman–Crippen MR) is 62.1 cm³/mol. The lowest BCUT2D eigenvalue weighted by atomic mass is 9.82. The minimum absolute atomic E-state index is 0.178. The van der Waals surface area contributed by atoms with Gasteiger partial charge < -0.3 is 10.5 Å². The molecule has 0 amide bonds. The Morgan fingerprint density at radius 3 is 2.94 bits per heavy atom. The summed E-state index contributed by atoms with van der Waals surface area (Å²) in [5.74, 6) is -0.178. The molecule has 0 saturated carbocycles. The lowest BCUT2D eigenvalue weighted by Gasteiger charge is -2.26. The zero-order valence-electron chi connectivity index (χ0n) is 9.53. The SMILES string of the molecule is CCOC(=O)C1(CN)CCc2ccccc21. The number of benzene rings is 1. The second kappa shape index (κ2) is 4.26. The fourth-order valence-electron chi connectivity index (χ4n) is 2.46. The summed E-state index contributed by atoms with van der Waals surface area (Å²) in [5, 5.41) is 0. The van der Waals surface area contributed by atoms with E-state index in [0.29, 0.717) is 13.2 Å². The van der Waals surface area contributed by atoms with Crippen LogP contribution in [0.2, 0.25) is 0 Å². The minimum atomic E-state index is -0.605. The number of fused-ring (bicyclic) bond motifs is 1. The van der Waals surface area contributed by atoms with Crippen molar-refractivity contribution in [1.29, 1.82) is 0 Å². The van der Waals surface area contributed by atoms with E-state index in [1.807, 2.05) is 25.1 Å². The van der Waals surface area contributed by atoms with Crippen LogP contribution in [0.15, 0.2) is 24.3 Å². The predicted octanol–water partition coefficient (Wildman–Crippen LogP) is 1.39. The van der Waals surface area contributed by atoms with Crippen LogP contribution in [0, 0.1) is 0 Å². The van der Waals surface area contributed by atoms with Gasteiger partial charge in [0.05, 0.1) is 6.61 Å². The van der Waals surface area contributed by atoms with Crippen LogP contribution in [0.25, 0.3) is 0 Å². The zero-order chi connectivity index (χ0) is 11.6. The van der Waals surface area contributed by atoms with Crippen molar-refractivity contribution in [1.82, 2.24) is 0 Å². The molecule has 1 aromatic carbocycles. The molecule has 1 aliphatic carbocycles. The summed E-state index contributed by atoms with van der Waals surface area (Å²) in [4.78, 5) is 12.1. The molecule has 3 heteroatoms. The van der Waals surface area contributed by atoms with Crippen LogP contribution in [0.5, 0.6) is 0 Å². The molecule has 2 rings (SSSR count). The van der Waals surface area contributed by atoms with Crippen molar-refractivity contribution >= 4 is 5.97 Å². The van der Waals surface area contributed by atoms with E-state index in [0.717, 1.165) is 18.4 Å². The summed E-state index contributed by atoms with van der Waals surface area (Å²) in [6.45, 7) is 2.55. The summed E-state index contributed by atoms with van der Waals surface area (Å²) >= 11 is 0. The Kier molecular flexibility index (Phi) is 2.97. The first kappa shape index (κ1) is 11.1. The lowest BCUT2D eigenvalue weighted by molar-refractivity contribution is -0.149. The quantitative estimate of drug-likeness (QED) is 0.782. The van der Waals surface area contributed by atoms with Gasteiger partial charge in [0.25, 0.3) is 0 Å². The molecule has 86 valence electrons. The number of nitrogens with two attached hydrogens (primary N) is 1. The maximum Gasteiger partial charge on any atom is 0.317 e. The van der Waals surface area contributed by atoms with Crippen molar-refractivity contribution in [3.63, 3.8) is 0 Å². The number of carbonyl (C=O) groups excluding carboxylic acids is 1. The maximum absolute atomic E-state index is 12.1. The van der Waals surface area contributed by atoms with Gasteiger partial charge in [-0.1, -0.05) is 24.3 Å². The largest absolute Gasteiger partial charge is 0.465 e. The van der Waals surface area contributed by atoms with Gasteiger partial charge in [0, 0.05) is 6.54 Å². The van der Waals surface area contributed by atoms with E-state index in [1.54, 1.807) is 0 Å². The number of aryl methyl sites for hydroxylation is 1. The van der Waals surface area contributed by atoms with Crippen LogP contribution in [0.1, 0.15) is 24.5 Å². The minimum Gasteiger partial charge on any atom is -0.465 e. The molecule has 0 fully saturated rings. The Morgan fingerprint density at radius 1 is 1.50 bits per heavy atom. The average molecular weight is 219 g/mol. The molecule has 0 radical (unpaired) electrons. The van der Waals surface area contributed by atoms with Crippen molar-refractivity contribution < 1.29 is 9.53 Å². The Hall–Kier alpha value is -1.35. The monoisotopic (exact) mass is 219 g/mol. The van der Waals surface area contributed by atoms with Gasteiger partial charge in [-0.25, -0.2) is 0 Å². The summed E-state index contributed by atoms with van der Waals surface area (Å²) in [6, 6.07) is 8.00. The van der Waals surface area contributed by atoms with E-state index >= 15 is 0 Å². The molecule has 0 aliphatic heterocycles. The second-order valence-corrected chi connectivity index (χ2v) is 4.16. The third-order valence-corrected chi connectivity index (χ3v) is 3.37. The van der Waals surface area contributed by atoms with Crippen molar-refractivity contribution in [2.24, 2.45) is 5.73 Å². The summed E-state index contributed by atoms with van der Waals surface area (Å²) in [5.41, 5.74) is 7.48. The first-order valence-electron chi connectivity index (χ1n) is 5.70. The third kappa shape index (κ3) is 1.52. The van der Waals surface area contributed by atoms with E-state index < -0.39 is 5.41 Å². The molecule has 0 heterocycles. The van der Waals surface area contributed by atoms with Gasteiger partial charge in [0.1, 0.15) is 5.41 Å². The highest BCUT2D eigenvalue weighted by Gasteiger charge is 2.45. The zero-order valence-corrected chi connectivity index (χ0v) is 9.53. The van der Waals surface area contributed by atoms with Crippen molar-refractivity contribution in [3.05, 3.63) is 35.4 Å². The molecule has 0 aromatic heterocycles. The number of esters is 1.